The molecule has 1 aliphatic carbocycles. The minimum atomic E-state index is -0.0675. The van der Waals surface area contributed by atoms with E-state index in [0.717, 1.165) is 53.0 Å². The summed E-state index contributed by atoms with van der Waals surface area (Å²) < 4.78 is 7.49. The molecule has 0 spiro atoms. The number of amides is 1. The first-order valence-electron chi connectivity index (χ1n) is 9.48. The molecule has 0 bridgehead atoms. The third kappa shape index (κ3) is 2.76. The van der Waals surface area contributed by atoms with Crippen molar-refractivity contribution in [3.63, 3.8) is 0 Å². The molecule has 3 aromatic rings. The largest absolute Gasteiger partial charge is 0.493 e. The number of ether oxygens (including phenoxy) is 1. The summed E-state index contributed by atoms with van der Waals surface area (Å²) in [5.74, 6) is 1.26. The predicted molar refractivity (Wildman–Crippen MR) is 102 cm³/mol. The highest BCUT2D eigenvalue weighted by molar-refractivity contribution is 6.06. The maximum absolute atomic E-state index is 13.3. The molecule has 1 atom stereocenters. The minimum absolute atomic E-state index is 0.0491. The quantitative estimate of drug-likeness (QED) is 0.775. The Hall–Kier alpha value is -2.89. The molecule has 1 N–H and O–H groups in total. The number of nitrogens with zero attached hydrogens (tertiary/aromatic N) is 3. The molecular formula is C21H22N4O2. The van der Waals surface area contributed by atoms with Crippen molar-refractivity contribution in [2.75, 3.05) is 6.61 Å². The molecule has 3 heterocycles. The number of para-hydroxylation sites is 1. The SMILES string of the molecule is Cc1nn(C)c2nc(C3CC3)cc(C(=O)NC3CCOc4ccccc43)c12. The van der Waals surface area contributed by atoms with Gasteiger partial charge in [0.2, 0.25) is 0 Å². The highest BCUT2D eigenvalue weighted by Crippen LogP contribution is 2.40. The van der Waals surface area contributed by atoms with Gasteiger partial charge < -0.3 is 10.1 Å². The topological polar surface area (TPSA) is 69.0 Å². The molecule has 1 unspecified atom stereocenters. The molecule has 6 heteroatoms. The summed E-state index contributed by atoms with van der Waals surface area (Å²) in [6.07, 6.45) is 3.05. The predicted octanol–water partition coefficient (Wildman–Crippen LogP) is 3.41. The molecule has 1 fully saturated rings. The van der Waals surface area contributed by atoms with E-state index in [1.807, 2.05) is 44.3 Å². The van der Waals surface area contributed by atoms with Gasteiger partial charge in [-0.1, -0.05) is 18.2 Å². The van der Waals surface area contributed by atoms with Crippen molar-refractivity contribution < 1.29 is 9.53 Å². The molecule has 27 heavy (non-hydrogen) atoms. The van der Waals surface area contributed by atoms with E-state index in [-0.39, 0.29) is 11.9 Å². The van der Waals surface area contributed by atoms with Gasteiger partial charge in [0.05, 0.1) is 29.3 Å². The lowest BCUT2D eigenvalue weighted by Gasteiger charge is -2.26. The number of aryl methyl sites for hydroxylation is 2. The molecule has 2 aromatic heterocycles. The number of aromatic nitrogens is 3. The standard InChI is InChI=1S/C21H22N4O2/c1-12-19-15(11-17(13-7-8-13)22-20(19)25(2)24-12)21(26)23-16-9-10-27-18-6-4-3-5-14(16)18/h3-6,11,13,16H,7-10H2,1-2H3,(H,23,26). The summed E-state index contributed by atoms with van der Waals surface area (Å²) in [4.78, 5) is 18.1. The monoisotopic (exact) mass is 362 g/mol. The van der Waals surface area contributed by atoms with E-state index in [1.165, 1.54) is 0 Å². The second-order valence-electron chi connectivity index (χ2n) is 7.48. The molecule has 0 saturated heterocycles. The Morgan fingerprint density at radius 1 is 1.26 bits per heavy atom. The first-order chi connectivity index (χ1) is 13.1. The molecule has 138 valence electrons. The first kappa shape index (κ1) is 16.3. The molecule has 1 amide bonds. The number of fused-ring (bicyclic) bond motifs is 2. The summed E-state index contributed by atoms with van der Waals surface area (Å²) in [5.41, 5.74) is 4.33. The second kappa shape index (κ2) is 6.08. The highest BCUT2D eigenvalue weighted by Gasteiger charge is 2.30. The van der Waals surface area contributed by atoms with E-state index in [1.54, 1.807) is 4.68 Å². The fourth-order valence-corrected chi connectivity index (χ4v) is 3.96. The average molecular weight is 362 g/mol. The molecule has 1 saturated carbocycles. The lowest BCUT2D eigenvalue weighted by Crippen LogP contribution is -2.32. The smallest absolute Gasteiger partial charge is 0.252 e. The maximum atomic E-state index is 13.3. The van der Waals surface area contributed by atoms with Crippen molar-refractivity contribution in [2.45, 2.75) is 38.1 Å². The van der Waals surface area contributed by atoms with E-state index in [2.05, 4.69) is 10.4 Å². The van der Waals surface area contributed by atoms with Crippen LogP contribution >= 0.6 is 0 Å². The summed E-state index contributed by atoms with van der Waals surface area (Å²) in [5, 5.41) is 8.56. The van der Waals surface area contributed by atoms with Crippen molar-refractivity contribution in [1.82, 2.24) is 20.1 Å². The Kier molecular flexibility index (Phi) is 3.67. The summed E-state index contributed by atoms with van der Waals surface area (Å²) in [6, 6.07) is 9.83. The van der Waals surface area contributed by atoms with Crippen molar-refractivity contribution >= 4 is 16.9 Å². The minimum Gasteiger partial charge on any atom is -0.493 e. The second-order valence-corrected chi connectivity index (χ2v) is 7.48. The Bertz CT molecular complexity index is 1050. The van der Waals surface area contributed by atoms with Crippen LogP contribution in [0.15, 0.2) is 30.3 Å². The van der Waals surface area contributed by atoms with Crippen LogP contribution in [0.4, 0.5) is 0 Å². The van der Waals surface area contributed by atoms with Gasteiger partial charge in [0.1, 0.15) is 5.75 Å². The number of carbonyl (C=O) groups excluding carboxylic acids is 1. The van der Waals surface area contributed by atoms with Gasteiger partial charge in [-0.2, -0.15) is 5.10 Å². The van der Waals surface area contributed by atoms with Crippen molar-refractivity contribution in [3.05, 3.63) is 52.8 Å². The van der Waals surface area contributed by atoms with E-state index >= 15 is 0 Å². The van der Waals surface area contributed by atoms with Gasteiger partial charge in [0, 0.05) is 30.6 Å². The van der Waals surface area contributed by atoms with Crippen LogP contribution in [0.5, 0.6) is 5.75 Å². The zero-order chi connectivity index (χ0) is 18.5. The van der Waals surface area contributed by atoms with Gasteiger partial charge in [-0.15, -0.1) is 0 Å². The number of benzene rings is 1. The van der Waals surface area contributed by atoms with E-state index < -0.39 is 0 Å². The van der Waals surface area contributed by atoms with Crippen LogP contribution in [0, 0.1) is 6.92 Å². The fraction of sp³-hybridized carbons (Fsp3) is 0.381. The van der Waals surface area contributed by atoms with Crippen LogP contribution in [-0.4, -0.2) is 27.3 Å². The zero-order valence-electron chi connectivity index (χ0n) is 15.5. The van der Waals surface area contributed by atoms with Crippen LogP contribution in [0.3, 0.4) is 0 Å². The summed E-state index contributed by atoms with van der Waals surface area (Å²) in [6.45, 7) is 2.54. The van der Waals surface area contributed by atoms with Gasteiger partial charge in [-0.3, -0.25) is 9.48 Å². The molecular weight excluding hydrogens is 340 g/mol. The number of hydrogen-bond donors (Lipinski definition) is 1. The molecule has 0 radical (unpaired) electrons. The van der Waals surface area contributed by atoms with E-state index in [0.29, 0.717) is 18.1 Å². The highest BCUT2D eigenvalue weighted by atomic mass is 16.5. The Balaban J connectivity index is 1.55. The van der Waals surface area contributed by atoms with Crippen molar-refractivity contribution in [3.8, 4) is 5.75 Å². The fourth-order valence-electron chi connectivity index (χ4n) is 3.96. The van der Waals surface area contributed by atoms with Gasteiger partial charge in [0.15, 0.2) is 5.65 Å². The summed E-state index contributed by atoms with van der Waals surface area (Å²) >= 11 is 0. The molecule has 2 aliphatic rings. The lowest BCUT2D eigenvalue weighted by atomic mass is 9.99. The van der Waals surface area contributed by atoms with E-state index in [9.17, 15) is 4.79 Å². The van der Waals surface area contributed by atoms with Crippen LogP contribution in [0.25, 0.3) is 11.0 Å². The Morgan fingerprint density at radius 3 is 2.89 bits per heavy atom. The third-order valence-corrected chi connectivity index (χ3v) is 5.49. The third-order valence-electron chi connectivity index (χ3n) is 5.49. The normalized spacial score (nSPS) is 18.8. The molecule has 1 aromatic carbocycles. The van der Waals surface area contributed by atoms with Gasteiger partial charge in [-0.05, 0) is 31.9 Å². The van der Waals surface area contributed by atoms with Crippen LogP contribution in [0.2, 0.25) is 0 Å². The number of pyridine rings is 1. The number of hydrogen-bond acceptors (Lipinski definition) is 4. The van der Waals surface area contributed by atoms with Gasteiger partial charge in [-0.25, -0.2) is 4.98 Å². The van der Waals surface area contributed by atoms with Crippen molar-refractivity contribution in [1.29, 1.82) is 0 Å². The average Bonchev–Trinajstić information content (AvgIpc) is 3.48. The lowest BCUT2D eigenvalue weighted by molar-refractivity contribution is 0.0926. The number of rotatable bonds is 3. The zero-order valence-corrected chi connectivity index (χ0v) is 15.5. The number of nitrogens with one attached hydrogen (secondary N) is 1. The van der Waals surface area contributed by atoms with E-state index in [4.69, 9.17) is 9.72 Å². The first-order valence-corrected chi connectivity index (χ1v) is 9.48. The maximum Gasteiger partial charge on any atom is 0.252 e. The van der Waals surface area contributed by atoms with Gasteiger partial charge in [0.25, 0.3) is 5.91 Å². The molecule has 5 rings (SSSR count). The van der Waals surface area contributed by atoms with Crippen molar-refractivity contribution in [2.24, 2.45) is 7.05 Å². The Morgan fingerprint density at radius 2 is 2.07 bits per heavy atom. The number of carbonyl (C=O) groups is 1. The molecule has 1 aliphatic heterocycles. The molecule has 6 nitrogen and oxygen atoms in total. The van der Waals surface area contributed by atoms with Crippen LogP contribution in [0.1, 0.15) is 58.5 Å². The summed E-state index contributed by atoms with van der Waals surface area (Å²) in [7, 11) is 1.88. The van der Waals surface area contributed by atoms with Crippen LogP contribution < -0.4 is 10.1 Å². The van der Waals surface area contributed by atoms with Crippen LogP contribution in [-0.2, 0) is 7.05 Å². The Labute approximate surface area is 157 Å². The van der Waals surface area contributed by atoms with Gasteiger partial charge >= 0.3 is 0 Å².